The van der Waals surface area contributed by atoms with Gasteiger partial charge in [0.2, 0.25) is 0 Å². The molecule has 6 heteroatoms. The number of anilines is 1. The van der Waals surface area contributed by atoms with Crippen molar-refractivity contribution >= 4 is 23.4 Å². The van der Waals surface area contributed by atoms with Crippen LogP contribution in [0.15, 0.2) is 23.2 Å². The van der Waals surface area contributed by atoms with E-state index in [9.17, 15) is 9.59 Å². The molecule has 6 nitrogen and oxygen atoms in total. The van der Waals surface area contributed by atoms with Crippen LogP contribution >= 0.6 is 0 Å². The fraction of sp³-hybridized carbons (Fsp3) is 0.308. The maximum atomic E-state index is 11.9. The number of nitrogens with zero attached hydrogens (tertiary/aromatic N) is 1. The highest BCUT2D eigenvalue weighted by Crippen LogP contribution is 2.17. The minimum atomic E-state index is -1.03. The van der Waals surface area contributed by atoms with Crippen LogP contribution in [0.5, 0.6) is 0 Å². The maximum absolute atomic E-state index is 11.9. The number of carbonyl (C=O) groups is 2. The second kappa shape index (κ2) is 5.09. The fourth-order valence-corrected chi connectivity index (χ4v) is 1.76. The summed E-state index contributed by atoms with van der Waals surface area (Å²) in [5, 5.41) is 14.6. The van der Waals surface area contributed by atoms with E-state index in [1.54, 1.807) is 13.0 Å². The second-order valence-corrected chi connectivity index (χ2v) is 4.52. The van der Waals surface area contributed by atoms with Gasteiger partial charge in [0.25, 0.3) is 5.91 Å². The summed E-state index contributed by atoms with van der Waals surface area (Å²) in [7, 11) is 0. The van der Waals surface area contributed by atoms with Crippen LogP contribution in [0.1, 0.15) is 22.8 Å². The summed E-state index contributed by atoms with van der Waals surface area (Å²) >= 11 is 0. The van der Waals surface area contributed by atoms with E-state index >= 15 is 0 Å². The summed E-state index contributed by atoms with van der Waals surface area (Å²) in [5.41, 5.74) is 1.41. The number of hydrogen-bond donors (Lipinski definition) is 3. The van der Waals surface area contributed by atoms with Crippen molar-refractivity contribution in [2.75, 3.05) is 11.9 Å². The molecule has 1 heterocycles. The lowest BCUT2D eigenvalue weighted by Crippen LogP contribution is -2.36. The number of carbonyl (C=O) groups excluding carboxylic acids is 1. The third-order valence-electron chi connectivity index (χ3n) is 2.85. The number of nitrogens with one attached hydrogen (secondary N) is 2. The SMILES string of the molecule is Cc1ccc(C(=O)O)cc1NC(=O)C1=NCC(C)N1. The van der Waals surface area contributed by atoms with Gasteiger partial charge < -0.3 is 15.7 Å². The summed E-state index contributed by atoms with van der Waals surface area (Å²) in [5.74, 6) is -1.09. The molecular weight excluding hydrogens is 246 g/mol. The van der Waals surface area contributed by atoms with Gasteiger partial charge in [0, 0.05) is 11.7 Å². The first-order chi connectivity index (χ1) is 8.97. The Morgan fingerprint density at radius 3 is 2.79 bits per heavy atom. The van der Waals surface area contributed by atoms with Crippen LogP contribution in [0.3, 0.4) is 0 Å². The molecule has 0 aliphatic carbocycles. The minimum Gasteiger partial charge on any atom is -0.478 e. The lowest BCUT2D eigenvalue weighted by molar-refractivity contribution is -0.110. The molecule has 0 saturated carbocycles. The Bertz CT molecular complexity index is 566. The van der Waals surface area contributed by atoms with Gasteiger partial charge in [-0.25, -0.2) is 4.79 Å². The smallest absolute Gasteiger partial charge is 0.335 e. The molecule has 3 N–H and O–H groups in total. The summed E-state index contributed by atoms with van der Waals surface area (Å²) in [6.45, 7) is 4.30. The molecule has 1 amide bonds. The molecule has 1 aromatic carbocycles. The van der Waals surface area contributed by atoms with Gasteiger partial charge in [-0.1, -0.05) is 6.07 Å². The summed E-state index contributed by atoms with van der Waals surface area (Å²) < 4.78 is 0. The van der Waals surface area contributed by atoms with Crippen LogP contribution in [-0.4, -0.2) is 35.4 Å². The summed E-state index contributed by atoms with van der Waals surface area (Å²) in [6, 6.07) is 4.74. The van der Waals surface area contributed by atoms with Crippen LogP contribution in [0.25, 0.3) is 0 Å². The number of carboxylic acid groups (broad SMARTS) is 1. The molecule has 0 bridgehead atoms. The van der Waals surface area contributed by atoms with E-state index in [0.717, 1.165) is 5.56 Å². The second-order valence-electron chi connectivity index (χ2n) is 4.52. The lowest BCUT2D eigenvalue weighted by atomic mass is 10.1. The number of aliphatic imine (C=N–C) groups is 1. The molecule has 0 spiro atoms. The van der Waals surface area contributed by atoms with Gasteiger partial charge >= 0.3 is 5.97 Å². The quantitative estimate of drug-likeness (QED) is 0.757. The molecule has 1 aliphatic heterocycles. The Hall–Kier alpha value is -2.37. The van der Waals surface area contributed by atoms with Gasteiger partial charge in [-0.15, -0.1) is 0 Å². The first kappa shape index (κ1) is 13.1. The largest absolute Gasteiger partial charge is 0.478 e. The molecule has 1 unspecified atom stereocenters. The average molecular weight is 261 g/mol. The van der Waals surface area contributed by atoms with E-state index in [0.29, 0.717) is 12.2 Å². The highest BCUT2D eigenvalue weighted by atomic mass is 16.4. The van der Waals surface area contributed by atoms with Gasteiger partial charge in [-0.3, -0.25) is 9.79 Å². The van der Waals surface area contributed by atoms with Crippen LogP contribution < -0.4 is 10.6 Å². The normalized spacial score (nSPS) is 17.6. The van der Waals surface area contributed by atoms with Gasteiger partial charge in [-0.2, -0.15) is 0 Å². The van der Waals surface area contributed by atoms with Gasteiger partial charge in [-0.05, 0) is 31.5 Å². The Balaban J connectivity index is 2.17. The van der Waals surface area contributed by atoms with Crippen LogP contribution in [0.2, 0.25) is 0 Å². The zero-order chi connectivity index (χ0) is 14.0. The first-order valence-electron chi connectivity index (χ1n) is 5.93. The fourth-order valence-electron chi connectivity index (χ4n) is 1.76. The Labute approximate surface area is 110 Å². The van der Waals surface area contributed by atoms with Crippen molar-refractivity contribution in [2.45, 2.75) is 19.9 Å². The molecule has 0 saturated heterocycles. The zero-order valence-corrected chi connectivity index (χ0v) is 10.7. The summed E-state index contributed by atoms with van der Waals surface area (Å²) in [4.78, 5) is 26.9. The number of hydrogen-bond acceptors (Lipinski definition) is 4. The van der Waals surface area contributed by atoms with Crippen LogP contribution in [0.4, 0.5) is 5.69 Å². The first-order valence-corrected chi connectivity index (χ1v) is 5.93. The van der Waals surface area contributed by atoms with Crippen molar-refractivity contribution in [2.24, 2.45) is 4.99 Å². The van der Waals surface area contributed by atoms with Crippen molar-refractivity contribution in [3.8, 4) is 0 Å². The zero-order valence-electron chi connectivity index (χ0n) is 10.7. The summed E-state index contributed by atoms with van der Waals surface area (Å²) in [6.07, 6.45) is 0. The monoisotopic (exact) mass is 261 g/mol. The van der Waals surface area contributed by atoms with Crippen molar-refractivity contribution in [3.05, 3.63) is 29.3 Å². The van der Waals surface area contributed by atoms with Crippen molar-refractivity contribution in [3.63, 3.8) is 0 Å². The third-order valence-corrected chi connectivity index (χ3v) is 2.85. The average Bonchev–Trinajstić information content (AvgIpc) is 2.78. The van der Waals surface area contributed by atoms with E-state index in [1.807, 2.05) is 6.92 Å². The highest BCUT2D eigenvalue weighted by Gasteiger charge is 2.20. The lowest BCUT2D eigenvalue weighted by Gasteiger charge is -2.10. The predicted molar refractivity (Wildman–Crippen MR) is 71.7 cm³/mol. The molecule has 0 aromatic heterocycles. The Morgan fingerprint density at radius 1 is 1.47 bits per heavy atom. The van der Waals surface area contributed by atoms with Gasteiger partial charge in [0.05, 0.1) is 12.1 Å². The molecule has 1 atom stereocenters. The van der Waals surface area contributed by atoms with E-state index in [2.05, 4.69) is 15.6 Å². The molecule has 1 aromatic rings. The number of aryl methyl sites for hydroxylation is 1. The molecule has 1 aliphatic rings. The third kappa shape index (κ3) is 2.90. The number of rotatable bonds is 3. The molecule has 100 valence electrons. The molecule has 0 radical (unpaired) electrons. The van der Waals surface area contributed by atoms with E-state index in [4.69, 9.17) is 5.11 Å². The predicted octanol–water partition coefficient (Wildman–Crippen LogP) is 1.02. The van der Waals surface area contributed by atoms with E-state index in [-0.39, 0.29) is 23.3 Å². The molecule has 2 rings (SSSR count). The van der Waals surface area contributed by atoms with Crippen LogP contribution in [-0.2, 0) is 4.79 Å². The number of carboxylic acids is 1. The molecular formula is C13H15N3O3. The van der Waals surface area contributed by atoms with Gasteiger partial charge in [0.15, 0.2) is 5.84 Å². The van der Waals surface area contributed by atoms with Crippen molar-refractivity contribution in [1.82, 2.24) is 5.32 Å². The standard InChI is InChI=1S/C13H15N3O3/c1-7-3-4-9(13(18)19)5-10(7)16-12(17)11-14-6-8(2)15-11/h3-5,8H,6H2,1-2H3,(H,14,15)(H,16,17)(H,18,19). The van der Waals surface area contributed by atoms with Crippen LogP contribution in [0, 0.1) is 6.92 Å². The van der Waals surface area contributed by atoms with Crippen molar-refractivity contribution < 1.29 is 14.7 Å². The Kier molecular flexibility index (Phi) is 3.50. The number of benzene rings is 1. The maximum Gasteiger partial charge on any atom is 0.335 e. The van der Waals surface area contributed by atoms with E-state index in [1.165, 1.54) is 12.1 Å². The van der Waals surface area contributed by atoms with E-state index < -0.39 is 5.97 Å². The molecule has 0 fully saturated rings. The van der Waals surface area contributed by atoms with Crippen molar-refractivity contribution in [1.29, 1.82) is 0 Å². The van der Waals surface area contributed by atoms with Gasteiger partial charge in [0.1, 0.15) is 0 Å². The number of amides is 1. The molecule has 19 heavy (non-hydrogen) atoms. The Morgan fingerprint density at radius 2 is 2.21 bits per heavy atom. The number of aromatic carboxylic acids is 1. The topological polar surface area (TPSA) is 90.8 Å². The number of amidine groups is 1. The minimum absolute atomic E-state index is 0.135. The highest BCUT2D eigenvalue weighted by molar-refractivity contribution is 6.42.